The molecule has 0 aromatic carbocycles. The van der Waals surface area contributed by atoms with Gasteiger partial charge in [0.1, 0.15) is 0 Å². The molecule has 0 saturated heterocycles. The first-order valence-electron chi connectivity index (χ1n) is 6.38. The van der Waals surface area contributed by atoms with Crippen molar-refractivity contribution in [2.75, 3.05) is 31.3 Å². The van der Waals surface area contributed by atoms with Crippen molar-refractivity contribution in [2.45, 2.75) is 18.9 Å². The Labute approximate surface area is 111 Å². The summed E-state index contributed by atoms with van der Waals surface area (Å²) in [5.74, 6) is 1.39. The van der Waals surface area contributed by atoms with Gasteiger partial charge >= 0.3 is 0 Å². The van der Waals surface area contributed by atoms with Crippen LogP contribution in [0.3, 0.4) is 0 Å². The number of hydrogen-bond donors (Lipinski definition) is 2. The summed E-state index contributed by atoms with van der Waals surface area (Å²) >= 11 is 0. The van der Waals surface area contributed by atoms with E-state index in [0.717, 1.165) is 29.8 Å². The maximum Gasteiger partial charge on any atom is 0.224 e. The topological polar surface area (TPSA) is 93.1 Å². The number of aromatic nitrogens is 4. The van der Waals surface area contributed by atoms with E-state index >= 15 is 0 Å². The molecule has 7 nitrogen and oxygen atoms in total. The van der Waals surface area contributed by atoms with Crippen LogP contribution in [0.25, 0.3) is 11.2 Å². The summed E-state index contributed by atoms with van der Waals surface area (Å²) in [6.45, 7) is 0.253. The fourth-order valence-electron chi connectivity index (χ4n) is 2.57. The number of rotatable bonds is 3. The van der Waals surface area contributed by atoms with Crippen LogP contribution >= 0.6 is 0 Å². The highest BCUT2D eigenvalue weighted by Crippen LogP contribution is 2.39. The Morgan fingerprint density at radius 2 is 2.16 bits per heavy atom. The molecule has 19 heavy (non-hydrogen) atoms. The van der Waals surface area contributed by atoms with E-state index in [9.17, 15) is 0 Å². The first-order chi connectivity index (χ1) is 9.10. The highest BCUT2D eigenvalue weighted by atomic mass is 16.3. The number of aliphatic hydroxyl groups is 1. The van der Waals surface area contributed by atoms with Gasteiger partial charge in [-0.25, -0.2) is 4.98 Å². The van der Waals surface area contributed by atoms with Crippen molar-refractivity contribution in [1.29, 1.82) is 0 Å². The minimum atomic E-state index is 0.253. The Morgan fingerprint density at radius 1 is 1.42 bits per heavy atom. The first-order valence-corrected chi connectivity index (χ1v) is 6.38. The number of nitrogens with zero attached hydrogens (tertiary/aromatic N) is 5. The SMILES string of the molecule is CN(C)c1nc(N)nc2c1ncn2[C@H]1C[C@@H](CO)C1. The van der Waals surface area contributed by atoms with Crippen molar-refractivity contribution in [2.24, 2.45) is 5.92 Å². The molecule has 3 rings (SSSR count). The molecule has 1 aliphatic rings. The van der Waals surface area contributed by atoms with Gasteiger partial charge in [0.25, 0.3) is 0 Å². The largest absolute Gasteiger partial charge is 0.396 e. The average molecular weight is 262 g/mol. The summed E-state index contributed by atoms with van der Waals surface area (Å²) in [5, 5.41) is 9.10. The Balaban J connectivity index is 2.03. The number of nitrogen functional groups attached to an aromatic ring is 1. The predicted molar refractivity (Wildman–Crippen MR) is 72.9 cm³/mol. The van der Waals surface area contributed by atoms with Gasteiger partial charge < -0.3 is 20.3 Å². The number of nitrogens with two attached hydrogens (primary N) is 1. The Morgan fingerprint density at radius 3 is 2.79 bits per heavy atom. The van der Waals surface area contributed by atoms with Crippen LogP contribution in [0.15, 0.2) is 6.33 Å². The van der Waals surface area contributed by atoms with E-state index in [4.69, 9.17) is 10.8 Å². The minimum Gasteiger partial charge on any atom is -0.396 e. The van der Waals surface area contributed by atoms with Crippen molar-refractivity contribution in [3.8, 4) is 0 Å². The highest BCUT2D eigenvalue weighted by molar-refractivity contribution is 5.84. The summed E-state index contributed by atoms with van der Waals surface area (Å²) < 4.78 is 2.05. The average Bonchev–Trinajstić information content (AvgIpc) is 2.70. The van der Waals surface area contributed by atoms with Crippen LogP contribution in [0.5, 0.6) is 0 Å². The highest BCUT2D eigenvalue weighted by Gasteiger charge is 2.31. The van der Waals surface area contributed by atoms with Crippen molar-refractivity contribution in [3.05, 3.63) is 6.33 Å². The summed E-state index contributed by atoms with van der Waals surface area (Å²) in [6.07, 6.45) is 3.72. The molecule has 0 amide bonds. The third-order valence-corrected chi connectivity index (χ3v) is 3.71. The van der Waals surface area contributed by atoms with E-state index in [1.165, 1.54) is 0 Å². The van der Waals surface area contributed by atoms with Gasteiger partial charge in [-0.2, -0.15) is 9.97 Å². The molecule has 3 N–H and O–H groups in total. The molecule has 7 heteroatoms. The van der Waals surface area contributed by atoms with Crippen molar-refractivity contribution >= 4 is 22.9 Å². The molecule has 0 radical (unpaired) electrons. The first kappa shape index (κ1) is 12.2. The second-order valence-corrected chi connectivity index (χ2v) is 5.30. The normalized spacial score (nSPS) is 22.5. The molecular formula is C12H18N6O. The molecule has 2 aromatic rings. The minimum absolute atomic E-state index is 0.253. The zero-order valence-corrected chi connectivity index (χ0v) is 11.1. The third-order valence-electron chi connectivity index (χ3n) is 3.71. The van der Waals surface area contributed by atoms with Gasteiger partial charge in [-0.15, -0.1) is 0 Å². The Kier molecular flexibility index (Phi) is 2.78. The van der Waals surface area contributed by atoms with Gasteiger partial charge in [-0.3, -0.25) is 0 Å². The summed E-state index contributed by atoms with van der Waals surface area (Å²) in [5.41, 5.74) is 7.32. The second-order valence-electron chi connectivity index (χ2n) is 5.30. The standard InChI is InChI=1S/C12H18N6O/c1-17(2)10-9-11(16-12(13)15-10)18(6-14-9)8-3-7(4-8)5-19/h6-8,19H,3-5H2,1-2H3,(H2,13,15,16)/t7-,8+. The second kappa shape index (κ2) is 4.34. The number of fused-ring (bicyclic) bond motifs is 1. The molecule has 0 spiro atoms. The van der Waals surface area contributed by atoms with Crippen LogP contribution in [-0.4, -0.2) is 45.3 Å². The lowest BCUT2D eigenvalue weighted by molar-refractivity contribution is 0.114. The monoisotopic (exact) mass is 262 g/mol. The van der Waals surface area contributed by atoms with E-state index in [2.05, 4.69) is 15.0 Å². The van der Waals surface area contributed by atoms with Crippen LogP contribution in [0.1, 0.15) is 18.9 Å². The zero-order chi connectivity index (χ0) is 13.6. The van der Waals surface area contributed by atoms with Crippen LogP contribution in [0.4, 0.5) is 11.8 Å². The molecule has 102 valence electrons. The van der Waals surface area contributed by atoms with E-state index in [0.29, 0.717) is 12.0 Å². The molecule has 2 aromatic heterocycles. The maximum atomic E-state index is 9.10. The van der Waals surface area contributed by atoms with Gasteiger partial charge in [-0.05, 0) is 18.8 Å². The van der Waals surface area contributed by atoms with Crippen molar-refractivity contribution < 1.29 is 5.11 Å². The maximum absolute atomic E-state index is 9.10. The van der Waals surface area contributed by atoms with E-state index in [1.54, 1.807) is 6.33 Å². The molecule has 1 saturated carbocycles. The lowest BCUT2D eigenvalue weighted by Gasteiger charge is -2.34. The quantitative estimate of drug-likeness (QED) is 0.832. The molecule has 0 unspecified atom stereocenters. The summed E-state index contributed by atoms with van der Waals surface area (Å²) in [7, 11) is 3.82. The fourth-order valence-corrected chi connectivity index (χ4v) is 2.57. The number of hydrogen-bond acceptors (Lipinski definition) is 6. The molecule has 2 heterocycles. The number of imidazole rings is 1. The van der Waals surface area contributed by atoms with Gasteiger partial charge in [0.05, 0.1) is 6.33 Å². The van der Waals surface area contributed by atoms with Gasteiger partial charge in [0.2, 0.25) is 5.95 Å². The molecule has 1 aliphatic carbocycles. The zero-order valence-electron chi connectivity index (χ0n) is 11.1. The van der Waals surface area contributed by atoms with Crippen LogP contribution in [0.2, 0.25) is 0 Å². The van der Waals surface area contributed by atoms with E-state index in [-0.39, 0.29) is 12.6 Å². The Hall–Kier alpha value is -1.89. The lowest BCUT2D eigenvalue weighted by atomic mass is 9.81. The van der Waals surface area contributed by atoms with Gasteiger partial charge in [-0.1, -0.05) is 0 Å². The fraction of sp³-hybridized carbons (Fsp3) is 0.583. The van der Waals surface area contributed by atoms with Crippen molar-refractivity contribution in [3.63, 3.8) is 0 Å². The molecule has 0 aliphatic heterocycles. The molecule has 0 bridgehead atoms. The van der Waals surface area contributed by atoms with Crippen LogP contribution in [0, 0.1) is 5.92 Å². The third kappa shape index (κ3) is 1.90. The molecule has 1 fully saturated rings. The predicted octanol–water partition coefficient (Wildman–Crippen LogP) is 0.418. The number of aliphatic hydroxyl groups excluding tert-OH is 1. The van der Waals surface area contributed by atoms with Crippen molar-refractivity contribution in [1.82, 2.24) is 19.5 Å². The van der Waals surface area contributed by atoms with E-state index in [1.807, 2.05) is 23.6 Å². The summed E-state index contributed by atoms with van der Waals surface area (Å²) in [4.78, 5) is 14.8. The van der Waals surface area contributed by atoms with Gasteiger partial charge in [0, 0.05) is 26.7 Å². The molecular weight excluding hydrogens is 244 g/mol. The van der Waals surface area contributed by atoms with Gasteiger partial charge in [0.15, 0.2) is 17.0 Å². The molecule has 0 atom stereocenters. The lowest BCUT2D eigenvalue weighted by Crippen LogP contribution is -2.28. The van der Waals surface area contributed by atoms with Crippen LogP contribution < -0.4 is 10.6 Å². The smallest absolute Gasteiger partial charge is 0.224 e. The van der Waals surface area contributed by atoms with Crippen LogP contribution in [-0.2, 0) is 0 Å². The number of anilines is 2. The Bertz CT molecular complexity index is 602. The summed E-state index contributed by atoms with van der Waals surface area (Å²) in [6, 6.07) is 0.353. The van der Waals surface area contributed by atoms with E-state index < -0.39 is 0 Å².